The van der Waals surface area contributed by atoms with Crippen LogP contribution in [0.3, 0.4) is 0 Å². The molecule has 202 valence electrons. The lowest BCUT2D eigenvalue weighted by Crippen LogP contribution is -2.43. The minimum atomic E-state index is -0.157. The van der Waals surface area contributed by atoms with E-state index in [-0.39, 0.29) is 11.8 Å². The molecule has 3 heterocycles. The lowest BCUT2D eigenvalue weighted by atomic mass is 10.0. The smallest absolute Gasteiger partial charge is 0.256 e. The van der Waals surface area contributed by atoms with Crippen LogP contribution in [0.1, 0.15) is 27.2 Å². The number of rotatable bonds is 7. The summed E-state index contributed by atoms with van der Waals surface area (Å²) in [7, 11) is 2.16. The third-order valence-electron chi connectivity index (χ3n) is 7.38. The minimum absolute atomic E-state index is 0.144. The van der Waals surface area contributed by atoms with Crippen LogP contribution in [0, 0.1) is 0 Å². The Morgan fingerprint density at radius 2 is 1.70 bits per heavy atom. The van der Waals surface area contributed by atoms with E-state index in [1.54, 1.807) is 0 Å². The zero-order valence-electron chi connectivity index (χ0n) is 22.4. The molecule has 4 aromatic rings. The summed E-state index contributed by atoms with van der Waals surface area (Å²) in [5.41, 5.74) is 7.12. The van der Waals surface area contributed by atoms with E-state index in [9.17, 15) is 9.59 Å². The topological polar surface area (TPSA) is 92.5 Å². The first-order valence-corrected chi connectivity index (χ1v) is 13.5. The maximum Gasteiger partial charge on any atom is 0.256 e. The number of likely N-dealkylation sites (N-methyl/N-ethyl adjacent to an activating group) is 1. The van der Waals surface area contributed by atoms with Gasteiger partial charge in [-0.15, -0.1) is 0 Å². The molecule has 0 aliphatic carbocycles. The lowest BCUT2D eigenvalue weighted by molar-refractivity contribution is -0.110. The van der Waals surface area contributed by atoms with Gasteiger partial charge < -0.3 is 25.8 Å². The van der Waals surface area contributed by atoms with Gasteiger partial charge in [-0.3, -0.25) is 14.5 Å². The monoisotopic (exact) mass is 532 g/mol. The molecule has 0 saturated carbocycles. The molecule has 1 saturated heterocycles. The molecule has 0 unspecified atom stereocenters. The summed E-state index contributed by atoms with van der Waals surface area (Å²) >= 11 is 0. The van der Waals surface area contributed by atoms with Crippen LogP contribution in [0.4, 0.5) is 22.7 Å². The predicted molar refractivity (Wildman–Crippen MR) is 161 cm³/mol. The number of anilines is 4. The normalized spacial score (nSPS) is 16.5. The summed E-state index contributed by atoms with van der Waals surface area (Å²) in [5.74, 6) is -0.301. The highest BCUT2D eigenvalue weighted by Gasteiger charge is 2.26. The number of aromatic nitrogens is 1. The molecular formula is C32H32N6O2. The lowest BCUT2D eigenvalue weighted by Gasteiger charge is -2.32. The van der Waals surface area contributed by atoms with Crippen LogP contribution in [-0.2, 0) is 11.3 Å². The van der Waals surface area contributed by atoms with Crippen molar-refractivity contribution in [1.82, 2.24) is 14.8 Å². The number of para-hydroxylation sites is 1. The summed E-state index contributed by atoms with van der Waals surface area (Å²) in [6, 6.07) is 25.0. The number of fused-ring (bicyclic) bond motifs is 1. The number of carbonyl (C=O) groups is 2. The molecule has 8 heteroatoms. The van der Waals surface area contributed by atoms with Gasteiger partial charge in [-0.1, -0.05) is 30.3 Å². The molecule has 4 N–H and O–H groups in total. The van der Waals surface area contributed by atoms with E-state index in [4.69, 9.17) is 0 Å². The molecule has 8 nitrogen and oxygen atoms in total. The van der Waals surface area contributed by atoms with Crippen molar-refractivity contribution in [3.05, 3.63) is 107 Å². The Labute approximate surface area is 233 Å². The first kappa shape index (κ1) is 25.6. The molecule has 0 bridgehead atoms. The van der Waals surface area contributed by atoms with Gasteiger partial charge in [0, 0.05) is 67.1 Å². The van der Waals surface area contributed by atoms with Crippen LogP contribution in [-0.4, -0.2) is 59.8 Å². The van der Waals surface area contributed by atoms with Gasteiger partial charge in [0.05, 0.1) is 16.9 Å². The zero-order valence-corrected chi connectivity index (χ0v) is 22.4. The third kappa shape index (κ3) is 5.68. The number of amides is 2. The van der Waals surface area contributed by atoms with E-state index >= 15 is 0 Å². The van der Waals surface area contributed by atoms with Gasteiger partial charge in [0.25, 0.3) is 11.8 Å². The maximum absolute atomic E-state index is 13.0. The van der Waals surface area contributed by atoms with Gasteiger partial charge in [0.15, 0.2) is 0 Å². The molecule has 2 aliphatic heterocycles. The standard InChI is InChI=1S/C32H32N6O2/c1-37-15-17-38(18-16-37)21-22-10-12-23(13-11-22)31(39)35-26-6-2-5-25(19-26)34-29-9-3-8-27-28(32(40)36-30(27)29)20-24-7-4-14-33-24/h2-14,19-20,33-34H,15-18,21H2,1H3,(H,35,39)(H,36,40)/b28-20-. The number of H-pyrrole nitrogens is 1. The Balaban J connectivity index is 1.12. The molecule has 40 heavy (non-hydrogen) atoms. The van der Waals surface area contributed by atoms with Gasteiger partial charge in [0.2, 0.25) is 0 Å². The van der Waals surface area contributed by atoms with E-state index in [0.29, 0.717) is 16.8 Å². The first-order chi connectivity index (χ1) is 19.5. The average molecular weight is 533 g/mol. The number of nitrogens with one attached hydrogen (secondary N) is 4. The van der Waals surface area contributed by atoms with Crippen molar-refractivity contribution in [3.63, 3.8) is 0 Å². The molecule has 0 radical (unpaired) electrons. The summed E-state index contributed by atoms with van der Waals surface area (Å²) in [5, 5.41) is 9.39. The number of piperazine rings is 1. The van der Waals surface area contributed by atoms with Gasteiger partial charge >= 0.3 is 0 Å². The Bertz CT molecular complexity index is 1550. The van der Waals surface area contributed by atoms with Crippen molar-refractivity contribution in [2.45, 2.75) is 6.54 Å². The second-order valence-electron chi connectivity index (χ2n) is 10.3. The minimum Gasteiger partial charge on any atom is -0.362 e. The van der Waals surface area contributed by atoms with E-state index < -0.39 is 0 Å². The van der Waals surface area contributed by atoms with Crippen LogP contribution in [0.25, 0.3) is 11.6 Å². The van der Waals surface area contributed by atoms with Crippen molar-refractivity contribution in [2.75, 3.05) is 49.2 Å². The van der Waals surface area contributed by atoms with Gasteiger partial charge in [-0.2, -0.15) is 0 Å². The second-order valence-corrected chi connectivity index (χ2v) is 10.3. The second kappa shape index (κ2) is 11.2. The highest BCUT2D eigenvalue weighted by molar-refractivity contribution is 6.36. The van der Waals surface area contributed by atoms with Crippen molar-refractivity contribution >= 4 is 46.2 Å². The number of benzene rings is 3. The SMILES string of the molecule is CN1CCN(Cc2ccc(C(=O)Nc3cccc(Nc4cccc5c4NC(=O)/C5=C\c4ccc[nH]4)c3)cc2)CC1. The Morgan fingerprint density at radius 1 is 0.925 bits per heavy atom. The van der Waals surface area contributed by atoms with E-state index in [0.717, 1.165) is 61.0 Å². The molecular weight excluding hydrogens is 500 g/mol. The van der Waals surface area contributed by atoms with Crippen molar-refractivity contribution in [2.24, 2.45) is 0 Å². The quantitative estimate of drug-likeness (QED) is 0.244. The molecule has 0 spiro atoms. The highest BCUT2D eigenvalue weighted by atomic mass is 16.2. The molecule has 0 atom stereocenters. The van der Waals surface area contributed by atoms with Crippen LogP contribution >= 0.6 is 0 Å². The highest BCUT2D eigenvalue weighted by Crippen LogP contribution is 2.39. The van der Waals surface area contributed by atoms with Crippen molar-refractivity contribution in [1.29, 1.82) is 0 Å². The summed E-state index contributed by atoms with van der Waals surface area (Å²) in [6.45, 7) is 5.19. The van der Waals surface area contributed by atoms with Gasteiger partial charge in [-0.05, 0) is 67.2 Å². The largest absolute Gasteiger partial charge is 0.362 e. The molecule has 1 fully saturated rings. The fourth-order valence-corrected chi connectivity index (χ4v) is 5.11. The predicted octanol–water partition coefficient (Wildman–Crippen LogP) is 5.25. The van der Waals surface area contributed by atoms with Gasteiger partial charge in [-0.25, -0.2) is 0 Å². The number of hydrogen-bond acceptors (Lipinski definition) is 5. The maximum atomic E-state index is 13.0. The number of carbonyl (C=O) groups excluding carboxylic acids is 2. The van der Waals surface area contributed by atoms with Crippen LogP contribution in [0.15, 0.2) is 85.1 Å². The summed E-state index contributed by atoms with van der Waals surface area (Å²) < 4.78 is 0. The van der Waals surface area contributed by atoms with Crippen molar-refractivity contribution in [3.8, 4) is 0 Å². The molecule has 2 aliphatic rings. The Kier molecular flexibility index (Phi) is 7.18. The molecule has 1 aromatic heterocycles. The third-order valence-corrected chi connectivity index (χ3v) is 7.38. The molecule has 6 rings (SSSR count). The fraction of sp³-hybridized carbons (Fsp3) is 0.188. The number of aromatic amines is 1. The fourth-order valence-electron chi connectivity index (χ4n) is 5.11. The molecule has 2 amide bonds. The van der Waals surface area contributed by atoms with E-state index in [1.165, 1.54) is 5.56 Å². The zero-order chi connectivity index (χ0) is 27.5. The number of hydrogen-bond donors (Lipinski definition) is 4. The van der Waals surface area contributed by atoms with E-state index in [1.807, 2.05) is 91.1 Å². The Morgan fingerprint density at radius 3 is 2.48 bits per heavy atom. The van der Waals surface area contributed by atoms with E-state index in [2.05, 4.69) is 37.8 Å². The van der Waals surface area contributed by atoms with Crippen molar-refractivity contribution < 1.29 is 9.59 Å². The first-order valence-electron chi connectivity index (χ1n) is 13.5. The van der Waals surface area contributed by atoms with Gasteiger partial charge in [0.1, 0.15) is 0 Å². The molecule has 3 aromatic carbocycles. The average Bonchev–Trinajstić information content (AvgIpc) is 3.59. The van der Waals surface area contributed by atoms with Crippen LogP contribution in [0.5, 0.6) is 0 Å². The number of nitrogens with zero attached hydrogens (tertiary/aromatic N) is 2. The summed E-state index contributed by atoms with van der Waals surface area (Å²) in [6.07, 6.45) is 3.68. The summed E-state index contributed by atoms with van der Waals surface area (Å²) in [4.78, 5) is 33.6. The van der Waals surface area contributed by atoms with Crippen LogP contribution in [0.2, 0.25) is 0 Å². The Hall–Kier alpha value is -4.66. The van der Waals surface area contributed by atoms with Crippen LogP contribution < -0.4 is 16.0 Å².